The fourth-order valence-corrected chi connectivity index (χ4v) is 2.95. The number of ether oxygens (including phenoxy) is 2. The molecule has 0 aromatic carbocycles. The number of pyridine rings is 2. The van der Waals surface area contributed by atoms with Gasteiger partial charge in [0.15, 0.2) is 34.4 Å². The van der Waals surface area contributed by atoms with E-state index in [-0.39, 0.29) is 23.0 Å². The minimum absolute atomic E-state index is 0.149. The number of imidazole rings is 2. The summed E-state index contributed by atoms with van der Waals surface area (Å²) >= 11 is 0. The summed E-state index contributed by atoms with van der Waals surface area (Å²) in [7, 11) is 0. The number of carboxylic acids is 2. The van der Waals surface area contributed by atoms with Crippen LogP contribution in [0, 0.1) is 0 Å². The van der Waals surface area contributed by atoms with E-state index < -0.39 is 58.6 Å². The number of hydrogen-bond acceptors (Lipinski definition) is 12. The second-order valence-corrected chi connectivity index (χ2v) is 7.01. The van der Waals surface area contributed by atoms with Crippen LogP contribution in [0.5, 0.6) is 0 Å². The van der Waals surface area contributed by atoms with Crippen LogP contribution >= 0.6 is 0 Å². The highest BCUT2D eigenvalue weighted by Gasteiger charge is 2.32. The first kappa shape index (κ1) is 25.0. The third kappa shape index (κ3) is 5.13. The highest BCUT2D eigenvalue weighted by atomic mass is 16.6. The Kier molecular flexibility index (Phi) is 6.78. The van der Waals surface area contributed by atoms with Crippen LogP contribution < -0.4 is 0 Å². The fraction of sp³-hybridized carbons (Fsp3) is 0. The van der Waals surface area contributed by atoms with Gasteiger partial charge in [-0.1, -0.05) is 12.1 Å². The number of hydrogen-bond donors (Lipinski definition) is 4. The van der Waals surface area contributed by atoms with Crippen LogP contribution in [-0.4, -0.2) is 75.9 Å². The Bertz CT molecular complexity index is 1470. The van der Waals surface area contributed by atoms with Crippen LogP contribution in [0.2, 0.25) is 0 Å². The summed E-state index contributed by atoms with van der Waals surface area (Å²) in [6, 6.07) is 9.19. The number of carbonyl (C=O) groups is 6. The molecule has 0 aliphatic rings. The first-order valence-electron chi connectivity index (χ1n) is 10.2. The number of rotatable bonds is 6. The maximum absolute atomic E-state index is 12.4. The van der Waals surface area contributed by atoms with Gasteiger partial charge in [0.2, 0.25) is 0 Å². The van der Waals surface area contributed by atoms with Crippen molar-refractivity contribution in [2.45, 2.75) is 0 Å². The van der Waals surface area contributed by atoms with Crippen molar-refractivity contribution < 1.29 is 48.5 Å². The van der Waals surface area contributed by atoms with Crippen LogP contribution in [0.1, 0.15) is 42.0 Å². The van der Waals surface area contributed by atoms with E-state index in [1.807, 2.05) is 0 Å². The van der Waals surface area contributed by atoms with E-state index in [9.17, 15) is 39.0 Å². The van der Waals surface area contributed by atoms with E-state index in [4.69, 9.17) is 0 Å². The van der Waals surface area contributed by atoms with Gasteiger partial charge in [0.25, 0.3) is 0 Å². The van der Waals surface area contributed by atoms with E-state index >= 15 is 0 Å². The summed E-state index contributed by atoms with van der Waals surface area (Å²) < 4.78 is 8.63. The molecular formula is C22H12N6O10. The lowest BCUT2D eigenvalue weighted by atomic mass is 10.3. The molecule has 0 spiro atoms. The summed E-state index contributed by atoms with van der Waals surface area (Å²) in [6.45, 7) is 0. The van der Waals surface area contributed by atoms with Crippen molar-refractivity contribution in [1.29, 1.82) is 0 Å². The molecule has 0 amide bonds. The zero-order valence-corrected chi connectivity index (χ0v) is 18.6. The van der Waals surface area contributed by atoms with Crippen LogP contribution in [0.25, 0.3) is 23.0 Å². The summed E-state index contributed by atoms with van der Waals surface area (Å²) in [6.07, 6.45) is 2.75. The molecule has 0 aliphatic heterocycles. The molecule has 0 atom stereocenters. The molecule has 4 aromatic rings. The van der Waals surface area contributed by atoms with Crippen molar-refractivity contribution in [1.82, 2.24) is 29.9 Å². The zero-order valence-electron chi connectivity index (χ0n) is 18.6. The first-order valence-corrected chi connectivity index (χ1v) is 10.2. The maximum atomic E-state index is 12.4. The second kappa shape index (κ2) is 10.3. The number of nitrogens with one attached hydrogen (secondary N) is 2. The van der Waals surface area contributed by atoms with Gasteiger partial charge in [0.1, 0.15) is 11.4 Å². The van der Waals surface area contributed by atoms with Crippen molar-refractivity contribution >= 4 is 35.8 Å². The van der Waals surface area contributed by atoms with Gasteiger partial charge in [0.05, 0.1) is 0 Å². The summed E-state index contributed by atoms with van der Waals surface area (Å²) in [5.74, 6) is -10.9. The molecule has 0 radical (unpaired) electrons. The quantitative estimate of drug-likeness (QED) is 0.155. The van der Waals surface area contributed by atoms with Gasteiger partial charge in [0, 0.05) is 12.4 Å². The standard InChI is InChI=1S/C22H12N6O10/c29-17(30)11-13(27-15(25-11)9-5-1-3-7-23-9)19(33)37-21(35)22(36)38-20(34)14-12(18(31)32)26-16(28-14)10-6-2-4-8-24-10/h1-8H,(H,25,27)(H,26,28)(H,29,30)(H,31,32). The normalized spacial score (nSPS) is 10.4. The van der Waals surface area contributed by atoms with Gasteiger partial charge < -0.3 is 29.7 Å². The molecule has 0 saturated carbocycles. The van der Waals surface area contributed by atoms with E-state index in [1.165, 1.54) is 24.5 Å². The van der Waals surface area contributed by atoms with Gasteiger partial charge in [-0.3, -0.25) is 9.97 Å². The summed E-state index contributed by atoms with van der Waals surface area (Å²) in [4.78, 5) is 92.0. The van der Waals surface area contributed by atoms with Crippen molar-refractivity contribution in [2.75, 3.05) is 0 Å². The molecule has 16 heteroatoms. The van der Waals surface area contributed by atoms with Crippen molar-refractivity contribution in [3.05, 3.63) is 71.6 Å². The minimum atomic E-state index is -2.00. The predicted molar refractivity (Wildman–Crippen MR) is 118 cm³/mol. The Hall–Kier alpha value is -6.06. The molecule has 0 saturated heterocycles. The van der Waals surface area contributed by atoms with Gasteiger partial charge in [-0.2, -0.15) is 0 Å². The number of carbonyl (C=O) groups excluding carboxylic acids is 4. The molecule has 0 aliphatic carbocycles. The van der Waals surface area contributed by atoms with Crippen LogP contribution in [0.4, 0.5) is 0 Å². The van der Waals surface area contributed by atoms with E-state index in [0.29, 0.717) is 0 Å². The Balaban J connectivity index is 1.50. The predicted octanol–water partition coefficient (Wildman–Crippen LogP) is 0.720. The summed E-state index contributed by atoms with van der Waals surface area (Å²) in [5.41, 5.74) is -2.95. The molecule has 4 N–H and O–H groups in total. The van der Waals surface area contributed by atoms with Gasteiger partial charge in [-0.25, -0.2) is 38.7 Å². The number of aromatic amines is 2. The molecule has 0 fully saturated rings. The zero-order chi connectivity index (χ0) is 27.4. The van der Waals surface area contributed by atoms with Crippen LogP contribution in [0.3, 0.4) is 0 Å². The second-order valence-electron chi connectivity index (χ2n) is 7.01. The average Bonchev–Trinajstić information content (AvgIpc) is 3.56. The number of H-pyrrole nitrogens is 2. The maximum Gasteiger partial charge on any atom is 0.425 e. The Morgan fingerprint density at radius 1 is 0.632 bits per heavy atom. The van der Waals surface area contributed by atoms with Gasteiger partial charge in [-0.15, -0.1) is 0 Å². The molecule has 0 unspecified atom stereocenters. The van der Waals surface area contributed by atoms with E-state index in [2.05, 4.69) is 39.4 Å². The largest absolute Gasteiger partial charge is 0.476 e. The topological polar surface area (TPSA) is 244 Å². The van der Waals surface area contributed by atoms with Crippen molar-refractivity contribution in [2.24, 2.45) is 0 Å². The monoisotopic (exact) mass is 520 g/mol. The lowest BCUT2D eigenvalue weighted by Crippen LogP contribution is -2.27. The minimum Gasteiger partial charge on any atom is -0.476 e. The highest BCUT2D eigenvalue weighted by molar-refractivity contribution is 6.34. The van der Waals surface area contributed by atoms with Crippen LogP contribution in [0.15, 0.2) is 48.8 Å². The third-order valence-electron chi connectivity index (χ3n) is 4.57. The molecule has 190 valence electrons. The molecule has 38 heavy (non-hydrogen) atoms. The third-order valence-corrected chi connectivity index (χ3v) is 4.57. The molecule has 4 heterocycles. The van der Waals surface area contributed by atoms with Gasteiger partial charge in [-0.05, 0) is 24.3 Å². The number of esters is 4. The van der Waals surface area contributed by atoms with Gasteiger partial charge >= 0.3 is 35.8 Å². The lowest BCUT2D eigenvalue weighted by molar-refractivity contribution is -0.160. The molecular weight excluding hydrogens is 508 g/mol. The number of aromatic carboxylic acids is 2. The number of aromatic nitrogens is 6. The lowest BCUT2D eigenvalue weighted by Gasteiger charge is -2.03. The average molecular weight is 520 g/mol. The first-order chi connectivity index (χ1) is 18.2. The highest BCUT2D eigenvalue weighted by Crippen LogP contribution is 2.19. The summed E-state index contributed by atoms with van der Waals surface area (Å²) in [5, 5.41) is 18.6. The SMILES string of the molecule is O=C(OC(=O)c1[nH]c(-c2ccccn2)nc1C(=O)O)C(=O)OC(=O)c1[nH]c(-c2ccccn2)nc1C(=O)O. The van der Waals surface area contributed by atoms with Crippen molar-refractivity contribution in [3.63, 3.8) is 0 Å². The molecule has 16 nitrogen and oxygen atoms in total. The fourth-order valence-electron chi connectivity index (χ4n) is 2.95. The number of nitrogens with zero attached hydrogens (tertiary/aromatic N) is 4. The molecule has 0 bridgehead atoms. The smallest absolute Gasteiger partial charge is 0.425 e. The Morgan fingerprint density at radius 3 is 1.34 bits per heavy atom. The molecule has 4 aromatic heterocycles. The Morgan fingerprint density at radius 2 is 1.03 bits per heavy atom. The number of carboxylic acid groups (broad SMARTS) is 2. The Labute approximate surface area is 209 Å². The van der Waals surface area contributed by atoms with Crippen LogP contribution in [-0.2, 0) is 19.1 Å². The van der Waals surface area contributed by atoms with E-state index in [1.54, 1.807) is 24.3 Å². The molecule has 4 rings (SSSR count). The van der Waals surface area contributed by atoms with E-state index in [0.717, 1.165) is 0 Å². The van der Waals surface area contributed by atoms with Crippen molar-refractivity contribution in [3.8, 4) is 23.0 Å².